The summed E-state index contributed by atoms with van der Waals surface area (Å²) in [4.78, 5) is 21.1. The minimum atomic E-state index is -0.240. The topological polar surface area (TPSA) is 86.2 Å². The van der Waals surface area contributed by atoms with Crippen molar-refractivity contribution in [1.29, 1.82) is 0 Å². The van der Waals surface area contributed by atoms with Gasteiger partial charge in [0.15, 0.2) is 0 Å². The molecule has 0 saturated carbocycles. The van der Waals surface area contributed by atoms with Crippen molar-refractivity contribution < 1.29 is 9.59 Å². The van der Waals surface area contributed by atoms with Crippen molar-refractivity contribution in [3.63, 3.8) is 0 Å². The SMILES string of the molecule is CC(CCCCCCC(N)=O)C(N)=O. The first-order chi connectivity index (χ1) is 6.54. The molecule has 0 radical (unpaired) electrons. The van der Waals surface area contributed by atoms with Gasteiger partial charge in [0, 0.05) is 12.3 Å². The highest BCUT2D eigenvalue weighted by Gasteiger charge is 2.07. The highest BCUT2D eigenvalue weighted by molar-refractivity contribution is 5.76. The predicted molar refractivity (Wildman–Crippen MR) is 55.3 cm³/mol. The monoisotopic (exact) mass is 200 g/mol. The molecular formula is C10H20N2O2. The van der Waals surface area contributed by atoms with Gasteiger partial charge in [0.25, 0.3) is 0 Å². The minimum Gasteiger partial charge on any atom is -0.370 e. The second-order valence-electron chi connectivity index (χ2n) is 3.72. The standard InChI is InChI=1S/C10H20N2O2/c1-8(10(12)14)6-4-2-3-5-7-9(11)13/h8H,2-7H2,1H3,(H2,11,13)(H2,12,14). The lowest BCUT2D eigenvalue weighted by atomic mass is 10.0. The Bertz CT molecular complexity index is 193. The van der Waals surface area contributed by atoms with E-state index < -0.39 is 0 Å². The smallest absolute Gasteiger partial charge is 0.220 e. The molecule has 1 unspecified atom stereocenters. The molecule has 0 rings (SSSR count). The van der Waals surface area contributed by atoms with E-state index in [2.05, 4.69) is 0 Å². The zero-order chi connectivity index (χ0) is 11.0. The van der Waals surface area contributed by atoms with Crippen molar-refractivity contribution >= 4 is 11.8 Å². The summed E-state index contributed by atoms with van der Waals surface area (Å²) in [5.74, 6) is -0.510. The van der Waals surface area contributed by atoms with E-state index in [1.165, 1.54) is 0 Å². The fraction of sp³-hybridized carbons (Fsp3) is 0.800. The summed E-state index contributed by atoms with van der Waals surface area (Å²) in [6.07, 6.45) is 5.17. The van der Waals surface area contributed by atoms with E-state index in [1.807, 2.05) is 6.92 Å². The Balaban J connectivity index is 3.21. The van der Waals surface area contributed by atoms with Gasteiger partial charge in [0.05, 0.1) is 0 Å². The summed E-state index contributed by atoms with van der Waals surface area (Å²) in [5, 5.41) is 0. The summed E-state index contributed by atoms with van der Waals surface area (Å²) in [6, 6.07) is 0. The lowest BCUT2D eigenvalue weighted by Gasteiger charge is -2.05. The van der Waals surface area contributed by atoms with E-state index in [-0.39, 0.29) is 17.7 Å². The Labute approximate surface area is 85.0 Å². The molecule has 0 fully saturated rings. The van der Waals surface area contributed by atoms with Crippen LogP contribution in [0.25, 0.3) is 0 Å². The van der Waals surface area contributed by atoms with E-state index in [0.717, 1.165) is 32.1 Å². The Hall–Kier alpha value is -1.06. The molecule has 82 valence electrons. The summed E-state index contributed by atoms with van der Waals surface area (Å²) in [7, 11) is 0. The van der Waals surface area contributed by atoms with Crippen LogP contribution in [0.5, 0.6) is 0 Å². The number of amides is 2. The highest BCUT2D eigenvalue weighted by Crippen LogP contribution is 2.10. The van der Waals surface area contributed by atoms with Crippen LogP contribution in [0.2, 0.25) is 0 Å². The van der Waals surface area contributed by atoms with Gasteiger partial charge in [-0.1, -0.05) is 26.2 Å². The van der Waals surface area contributed by atoms with Gasteiger partial charge in [-0.15, -0.1) is 0 Å². The van der Waals surface area contributed by atoms with Crippen molar-refractivity contribution in [1.82, 2.24) is 0 Å². The van der Waals surface area contributed by atoms with E-state index in [1.54, 1.807) is 0 Å². The molecule has 0 heterocycles. The lowest BCUT2D eigenvalue weighted by Crippen LogP contribution is -2.20. The normalized spacial score (nSPS) is 12.4. The molecule has 0 aromatic heterocycles. The molecule has 4 nitrogen and oxygen atoms in total. The molecule has 2 amide bonds. The number of nitrogens with two attached hydrogens (primary N) is 2. The first kappa shape index (κ1) is 12.9. The highest BCUT2D eigenvalue weighted by atomic mass is 16.1. The molecular weight excluding hydrogens is 180 g/mol. The predicted octanol–water partition coefficient (Wildman–Crippen LogP) is 0.934. The Morgan fingerprint density at radius 1 is 1.07 bits per heavy atom. The van der Waals surface area contributed by atoms with Crippen molar-refractivity contribution in [2.24, 2.45) is 17.4 Å². The maximum atomic E-state index is 10.7. The van der Waals surface area contributed by atoms with E-state index in [4.69, 9.17) is 11.5 Å². The third kappa shape index (κ3) is 7.58. The summed E-state index contributed by atoms with van der Waals surface area (Å²) in [6.45, 7) is 1.84. The zero-order valence-corrected chi connectivity index (χ0v) is 8.79. The van der Waals surface area contributed by atoms with Gasteiger partial charge in [0.1, 0.15) is 0 Å². The average Bonchev–Trinajstić information content (AvgIpc) is 2.09. The van der Waals surface area contributed by atoms with Gasteiger partial charge in [0.2, 0.25) is 11.8 Å². The second kappa shape index (κ2) is 7.35. The molecule has 1 atom stereocenters. The lowest BCUT2D eigenvalue weighted by molar-refractivity contribution is -0.121. The van der Waals surface area contributed by atoms with Gasteiger partial charge in [-0.2, -0.15) is 0 Å². The van der Waals surface area contributed by atoms with Crippen LogP contribution in [0, 0.1) is 5.92 Å². The Morgan fingerprint density at radius 3 is 2.14 bits per heavy atom. The van der Waals surface area contributed by atoms with Crippen molar-refractivity contribution in [2.75, 3.05) is 0 Å². The largest absolute Gasteiger partial charge is 0.370 e. The Kier molecular flexibility index (Phi) is 6.80. The van der Waals surface area contributed by atoms with Gasteiger partial charge < -0.3 is 11.5 Å². The maximum absolute atomic E-state index is 10.7. The van der Waals surface area contributed by atoms with Crippen LogP contribution in [0.4, 0.5) is 0 Å². The van der Waals surface area contributed by atoms with Crippen LogP contribution in [0.1, 0.15) is 45.4 Å². The van der Waals surface area contributed by atoms with Crippen molar-refractivity contribution in [2.45, 2.75) is 45.4 Å². The zero-order valence-electron chi connectivity index (χ0n) is 8.79. The molecule has 0 aromatic rings. The number of rotatable bonds is 8. The molecule has 14 heavy (non-hydrogen) atoms. The number of carbonyl (C=O) groups is 2. The molecule has 0 aliphatic rings. The summed E-state index contributed by atoms with van der Waals surface area (Å²) >= 11 is 0. The molecule has 0 bridgehead atoms. The van der Waals surface area contributed by atoms with Crippen LogP contribution in [-0.4, -0.2) is 11.8 Å². The molecule has 0 aliphatic carbocycles. The van der Waals surface area contributed by atoms with Crippen molar-refractivity contribution in [3.05, 3.63) is 0 Å². The molecule has 4 heteroatoms. The molecule has 4 N–H and O–H groups in total. The Morgan fingerprint density at radius 2 is 1.64 bits per heavy atom. The van der Waals surface area contributed by atoms with E-state index in [9.17, 15) is 9.59 Å². The third-order valence-electron chi connectivity index (χ3n) is 2.30. The van der Waals surface area contributed by atoms with E-state index >= 15 is 0 Å². The van der Waals surface area contributed by atoms with Crippen LogP contribution < -0.4 is 11.5 Å². The number of unbranched alkanes of at least 4 members (excludes halogenated alkanes) is 3. The summed E-state index contributed by atoms with van der Waals surface area (Å²) < 4.78 is 0. The quantitative estimate of drug-likeness (QED) is 0.571. The summed E-state index contributed by atoms with van der Waals surface area (Å²) in [5.41, 5.74) is 10.1. The molecule has 0 aliphatic heterocycles. The fourth-order valence-electron chi connectivity index (χ4n) is 1.25. The van der Waals surface area contributed by atoms with E-state index in [0.29, 0.717) is 6.42 Å². The fourth-order valence-corrected chi connectivity index (χ4v) is 1.25. The number of hydrogen-bond acceptors (Lipinski definition) is 2. The second-order valence-corrected chi connectivity index (χ2v) is 3.72. The average molecular weight is 200 g/mol. The first-order valence-corrected chi connectivity index (χ1v) is 5.11. The van der Waals surface area contributed by atoms with Crippen LogP contribution >= 0.6 is 0 Å². The first-order valence-electron chi connectivity index (χ1n) is 5.11. The van der Waals surface area contributed by atoms with Crippen molar-refractivity contribution in [3.8, 4) is 0 Å². The minimum absolute atomic E-state index is 0.0360. The van der Waals surface area contributed by atoms with Gasteiger partial charge in [-0.05, 0) is 12.8 Å². The number of carbonyl (C=O) groups excluding carboxylic acids is 2. The number of hydrogen-bond donors (Lipinski definition) is 2. The third-order valence-corrected chi connectivity index (χ3v) is 2.30. The van der Waals surface area contributed by atoms with Gasteiger partial charge >= 0.3 is 0 Å². The molecule has 0 saturated heterocycles. The molecule has 0 spiro atoms. The molecule has 0 aromatic carbocycles. The van der Waals surface area contributed by atoms with Crippen LogP contribution in [0.15, 0.2) is 0 Å². The van der Waals surface area contributed by atoms with Gasteiger partial charge in [-0.25, -0.2) is 0 Å². The van der Waals surface area contributed by atoms with Crippen LogP contribution in [0.3, 0.4) is 0 Å². The maximum Gasteiger partial charge on any atom is 0.220 e. The van der Waals surface area contributed by atoms with Crippen LogP contribution in [-0.2, 0) is 9.59 Å². The number of primary amides is 2. The van der Waals surface area contributed by atoms with Gasteiger partial charge in [-0.3, -0.25) is 9.59 Å².